The van der Waals surface area contributed by atoms with Gasteiger partial charge in [-0.25, -0.2) is 4.98 Å². The predicted molar refractivity (Wildman–Crippen MR) is 73.0 cm³/mol. The Balaban J connectivity index is 1.77. The number of nitrogens with one attached hydrogen (secondary N) is 1. The zero-order valence-corrected chi connectivity index (χ0v) is 11.1. The van der Waals surface area contributed by atoms with Gasteiger partial charge in [0.25, 0.3) is 0 Å². The van der Waals surface area contributed by atoms with E-state index in [0.29, 0.717) is 12.3 Å². The molecule has 0 aliphatic heterocycles. The minimum absolute atomic E-state index is 0.123. The van der Waals surface area contributed by atoms with Crippen molar-refractivity contribution in [2.75, 3.05) is 6.54 Å². The maximum Gasteiger partial charge on any atom is 0.219 e. The molecule has 0 bridgehead atoms. The Morgan fingerprint density at radius 2 is 2.42 bits per heavy atom. The fourth-order valence-electron chi connectivity index (χ4n) is 2.94. The molecule has 0 spiro atoms. The largest absolute Gasteiger partial charge is 0.443 e. The zero-order valence-electron chi connectivity index (χ0n) is 11.1. The highest BCUT2D eigenvalue weighted by atomic mass is 16.3. The average molecular weight is 258 g/mol. The van der Waals surface area contributed by atoms with Gasteiger partial charge < -0.3 is 9.73 Å². The first-order valence-corrected chi connectivity index (χ1v) is 6.91. The minimum Gasteiger partial charge on any atom is -0.443 e. The molecule has 1 aliphatic carbocycles. The summed E-state index contributed by atoms with van der Waals surface area (Å²) in [6.07, 6.45) is 5.28. The van der Waals surface area contributed by atoms with E-state index >= 15 is 0 Å². The van der Waals surface area contributed by atoms with Gasteiger partial charge in [0.15, 0.2) is 12.0 Å². The lowest BCUT2D eigenvalue weighted by molar-refractivity contribution is -0.120. The quantitative estimate of drug-likeness (QED) is 0.917. The van der Waals surface area contributed by atoms with Crippen LogP contribution in [0, 0.1) is 0 Å². The molecule has 3 rings (SSSR count). The van der Waals surface area contributed by atoms with Crippen molar-refractivity contribution in [1.82, 2.24) is 10.3 Å². The molecule has 0 radical (unpaired) electrons. The molecule has 4 nitrogen and oxygen atoms in total. The number of hydrogen-bond acceptors (Lipinski definition) is 3. The first-order chi connectivity index (χ1) is 9.29. The van der Waals surface area contributed by atoms with E-state index in [1.165, 1.54) is 17.5 Å². The van der Waals surface area contributed by atoms with Crippen molar-refractivity contribution in [3.05, 3.63) is 29.7 Å². The Bertz CT molecular complexity index is 603. The monoisotopic (exact) mass is 258 g/mol. The highest BCUT2D eigenvalue weighted by Gasteiger charge is 2.25. The summed E-state index contributed by atoms with van der Waals surface area (Å²) in [5, 5.41) is 2.95. The lowest BCUT2D eigenvalue weighted by Gasteiger charge is -2.12. The van der Waals surface area contributed by atoms with Crippen molar-refractivity contribution in [2.45, 2.75) is 38.5 Å². The highest BCUT2D eigenvalue weighted by Crippen LogP contribution is 2.39. The molecule has 0 saturated carbocycles. The standard InChI is InChI=1S/C15H18N2O2/c1-2-13(18)16-8-7-11-4-3-10-5-6-12-15(14(10)11)17-9-19-12/h5-6,9,11H,2-4,7-8H2,1H3,(H,16,18)/t11-/m1/s1. The number of aryl methyl sites for hydroxylation is 1. The molecule has 1 aromatic heterocycles. The molecule has 4 heteroatoms. The number of oxazole rings is 1. The molecule has 1 atom stereocenters. The van der Waals surface area contributed by atoms with E-state index < -0.39 is 0 Å². The second-order valence-corrected chi connectivity index (χ2v) is 5.07. The van der Waals surface area contributed by atoms with Gasteiger partial charge in [-0.05, 0) is 42.4 Å². The molecule has 0 saturated heterocycles. The van der Waals surface area contributed by atoms with Gasteiger partial charge in [0.05, 0.1) is 0 Å². The van der Waals surface area contributed by atoms with Crippen LogP contribution < -0.4 is 5.32 Å². The van der Waals surface area contributed by atoms with Crippen LogP contribution in [-0.4, -0.2) is 17.4 Å². The van der Waals surface area contributed by atoms with Crippen LogP contribution in [0.5, 0.6) is 0 Å². The summed E-state index contributed by atoms with van der Waals surface area (Å²) in [7, 11) is 0. The third-order valence-electron chi connectivity index (χ3n) is 3.94. The Labute approximate surface area is 112 Å². The normalized spacial score (nSPS) is 17.6. The van der Waals surface area contributed by atoms with Gasteiger partial charge in [-0.1, -0.05) is 13.0 Å². The number of carbonyl (C=O) groups is 1. The lowest BCUT2D eigenvalue weighted by Crippen LogP contribution is -2.24. The molecule has 1 heterocycles. The second-order valence-electron chi connectivity index (χ2n) is 5.07. The summed E-state index contributed by atoms with van der Waals surface area (Å²) < 4.78 is 5.37. The number of rotatable bonds is 4. The number of carbonyl (C=O) groups excluding carboxylic acids is 1. The van der Waals surface area contributed by atoms with E-state index in [4.69, 9.17) is 4.42 Å². The van der Waals surface area contributed by atoms with Crippen LogP contribution in [0.15, 0.2) is 22.9 Å². The van der Waals surface area contributed by atoms with Crippen molar-refractivity contribution in [2.24, 2.45) is 0 Å². The third-order valence-corrected chi connectivity index (χ3v) is 3.94. The topological polar surface area (TPSA) is 55.1 Å². The molecule has 0 unspecified atom stereocenters. The summed E-state index contributed by atoms with van der Waals surface area (Å²) >= 11 is 0. The smallest absolute Gasteiger partial charge is 0.219 e. The Morgan fingerprint density at radius 1 is 1.53 bits per heavy atom. The molecule has 1 amide bonds. The summed E-state index contributed by atoms with van der Waals surface area (Å²) in [6.45, 7) is 2.62. The fourth-order valence-corrected chi connectivity index (χ4v) is 2.94. The van der Waals surface area contributed by atoms with Crippen LogP contribution >= 0.6 is 0 Å². The summed E-state index contributed by atoms with van der Waals surface area (Å²) in [5.74, 6) is 0.610. The molecule has 1 N–H and O–H groups in total. The second kappa shape index (κ2) is 5.03. The molecule has 19 heavy (non-hydrogen) atoms. The van der Waals surface area contributed by atoms with E-state index in [1.807, 2.05) is 13.0 Å². The molecular formula is C15H18N2O2. The minimum atomic E-state index is 0.123. The number of fused-ring (bicyclic) bond motifs is 3. The maximum absolute atomic E-state index is 11.3. The van der Waals surface area contributed by atoms with Crippen molar-refractivity contribution in [3.63, 3.8) is 0 Å². The van der Waals surface area contributed by atoms with Crippen LogP contribution in [0.4, 0.5) is 0 Å². The van der Waals surface area contributed by atoms with Crippen molar-refractivity contribution in [1.29, 1.82) is 0 Å². The average Bonchev–Trinajstić information content (AvgIpc) is 3.03. The van der Waals surface area contributed by atoms with E-state index in [1.54, 1.807) is 0 Å². The predicted octanol–water partition coefficient (Wildman–Crippen LogP) is 2.77. The van der Waals surface area contributed by atoms with Gasteiger partial charge >= 0.3 is 0 Å². The lowest BCUT2D eigenvalue weighted by atomic mass is 9.96. The van der Waals surface area contributed by atoms with Crippen molar-refractivity contribution in [3.8, 4) is 0 Å². The number of benzene rings is 1. The van der Waals surface area contributed by atoms with Gasteiger partial charge in [0.2, 0.25) is 5.91 Å². The number of hydrogen-bond donors (Lipinski definition) is 1. The summed E-state index contributed by atoms with van der Waals surface area (Å²) in [5.41, 5.74) is 4.58. The van der Waals surface area contributed by atoms with Crippen LogP contribution in [0.25, 0.3) is 11.1 Å². The van der Waals surface area contributed by atoms with Gasteiger partial charge in [0.1, 0.15) is 5.52 Å². The molecule has 1 aliphatic rings. The summed E-state index contributed by atoms with van der Waals surface area (Å²) in [4.78, 5) is 15.6. The Morgan fingerprint density at radius 3 is 3.26 bits per heavy atom. The van der Waals surface area contributed by atoms with Crippen LogP contribution in [0.3, 0.4) is 0 Å². The van der Waals surface area contributed by atoms with Gasteiger partial charge in [-0.2, -0.15) is 0 Å². The Hall–Kier alpha value is -1.84. The van der Waals surface area contributed by atoms with Gasteiger partial charge in [-0.3, -0.25) is 4.79 Å². The van der Waals surface area contributed by atoms with E-state index in [9.17, 15) is 4.79 Å². The maximum atomic E-state index is 11.3. The fraction of sp³-hybridized carbons (Fsp3) is 0.467. The van der Waals surface area contributed by atoms with Gasteiger partial charge in [-0.15, -0.1) is 0 Å². The highest BCUT2D eigenvalue weighted by molar-refractivity contribution is 5.79. The number of aromatic nitrogens is 1. The number of amides is 1. The first kappa shape index (κ1) is 12.2. The zero-order chi connectivity index (χ0) is 13.2. The summed E-state index contributed by atoms with van der Waals surface area (Å²) in [6, 6.07) is 4.15. The molecule has 0 fully saturated rings. The third kappa shape index (κ3) is 2.23. The Kier molecular flexibility index (Phi) is 3.23. The molecular weight excluding hydrogens is 240 g/mol. The van der Waals surface area contributed by atoms with Crippen LogP contribution in [-0.2, 0) is 11.2 Å². The van der Waals surface area contributed by atoms with E-state index in [2.05, 4.69) is 16.4 Å². The van der Waals surface area contributed by atoms with E-state index in [-0.39, 0.29) is 5.91 Å². The first-order valence-electron chi connectivity index (χ1n) is 6.91. The number of nitrogens with zero attached hydrogens (tertiary/aromatic N) is 1. The molecule has 100 valence electrons. The van der Waals surface area contributed by atoms with E-state index in [0.717, 1.165) is 36.9 Å². The van der Waals surface area contributed by atoms with Crippen molar-refractivity contribution >= 4 is 17.0 Å². The van der Waals surface area contributed by atoms with Crippen molar-refractivity contribution < 1.29 is 9.21 Å². The van der Waals surface area contributed by atoms with Crippen LogP contribution in [0.1, 0.15) is 43.2 Å². The molecule has 1 aromatic carbocycles. The molecule has 2 aromatic rings. The van der Waals surface area contributed by atoms with Crippen LogP contribution in [0.2, 0.25) is 0 Å². The van der Waals surface area contributed by atoms with Gasteiger partial charge in [0, 0.05) is 13.0 Å². The SMILES string of the molecule is CCC(=O)NCC[C@H]1CCc2ccc3ocnc3c21.